The molecule has 1 N–H and O–H groups in total. The van der Waals surface area contributed by atoms with Crippen molar-refractivity contribution in [2.24, 2.45) is 0 Å². The lowest BCUT2D eigenvalue weighted by atomic mass is 10.0. The molecule has 1 aliphatic heterocycles. The van der Waals surface area contributed by atoms with Gasteiger partial charge in [-0.1, -0.05) is 66.7 Å². The number of hydrogen-bond acceptors (Lipinski definition) is 5. The first-order valence-electron chi connectivity index (χ1n) is 10.8. The monoisotopic (exact) mass is 410 g/mol. The van der Waals surface area contributed by atoms with Gasteiger partial charge in [0.05, 0.1) is 24.9 Å². The van der Waals surface area contributed by atoms with E-state index in [1.807, 2.05) is 6.07 Å². The summed E-state index contributed by atoms with van der Waals surface area (Å²) in [6.45, 7) is 3.34. The van der Waals surface area contributed by atoms with E-state index in [4.69, 9.17) is 4.74 Å². The molecule has 5 rings (SSSR count). The van der Waals surface area contributed by atoms with E-state index in [0.29, 0.717) is 0 Å². The lowest BCUT2D eigenvalue weighted by Gasteiger charge is -2.35. The van der Waals surface area contributed by atoms with Crippen molar-refractivity contribution in [2.45, 2.75) is 12.6 Å². The minimum atomic E-state index is 0.137. The normalized spacial score (nSPS) is 15.6. The van der Waals surface area contributed by atoms with Crippen LogP contribution in [0.4, 0.5) is 5.82 Å². The van der Waals surface area contributed by atoms with Crippen LogP contribution in [0, 0.1) is 0 Å². The van der Waals surface area contributed by atoms with Gasteiger partial charge in [0.25, 0.3) is 0 Å². The molecule has 0 bridgehead atoms. The third-order valence-corrected chi connectivity index (χ3v) is 5.81. The molecule has 0 radical (unpaired) electrons. The van der Waals surface area contributed by atoms with Gasteiger partial charge in [0.1, 0.15) is 12.1 Å². The Hall–Kier alpha value is -3.28. The third kappa shape index (κ3) is 4.58. The zero-order valence-corrected chi connectivity index (χ0v) is 17.4. The molecule has 1 unspecified atom stereocenters. The van der Waals surface area contributed by atoms with Crippen molar-refractivity contribution in [1.29, 1.82) is 0 Å². The van der Waals surface area contributed by atoms with Gasteiger partial charge in [-0.3, -0.25) is 4.90 Å². The molecule has 3 aromatic carbocycles. The summed E-state index contributed by atoms with van der Waals surface area (Å²) in [4.78, 5) is 11.6. The van der Waals surface area contributed by atoms with Gasteiger partial charge in [0.2, 0.25) is 0 Å². The van der Waals surface area contributed by atoms with Crippen LogP contribution in [0.3, 0.4) is 0 Å². The minimum absolute atomic E-state index is 0.137. The second-order valence-electron chi connectivity index (χ2n) is 7.82. The number of rotatable bonds is 6. The van der Waals surface area contributed by atoms with E-state index in [1.54, 1.807) is 6.33 Å². The van der Waals surface area contributed by atoms with Crippen molar-refractivity contribution >= 4 is 16.7 Å². The molecule has 31 heavy (non-hydrogen) atoms. The van der Waals surface area contributed by atoms with Crippen LogP contribution in [0.25, 0.3) is 22.0 Å². The molecular formula is C26H26N4O. The number of nitrogens with one attached hydrogen (secondary N) is 1. The van der Waals surface area contributed by atoms with E-state index < -0.39 is 0 Å². The number of benzene rings is 3. The summed E-state index contributed by atoms with van der Waals surface area (Å²) in [6, 6.07) is 27.4. The highest BCUT2D eigenvalue weighted by atomic mass is 16.5. The standard InChI is InChI=1S/C26H26N4O/c1-3-7-20(8-4-1)17-25(30-13-15-31-16-14-30)29-26-23-12-11-22(18-24(23)27-19-28-26)21-9-5-2-6-10-21/h1-12,18-19,25H,13-17H2,(H,27,28,29). The second-order valence-corrected chi connectivity index (χ2v) is 7.82. The molecule has 0 aliphatic carbocycles. The van der Waals surface area contributed by atoms with Crippen LogP contribution in [-0.4, -0.2) is 47.3 Å². The molecule has 1 saturated heterocycles. The molecule has 0 saturated carbocycles. The van der Waals surface area contributed by atoms with Gasteiger partial charge in [0.15, 0.2) is 0 Å². The first-order valence-corrected chi connectivity index (χ1v) is 10.8. The van der Waals surface area contributed by atoms with Crippen LogP contribution in [0.1, 0.15) is 5.56 Å². The first-order chi connectivity index (χ1) is 15.4. The fourth-order valence-corrected chi connectivity index (χ4v) is 4.14. The van der Waals surface area contributed by atoms with Crippen molar-refractivity contribution in [2.75, 3.05) is 31.6 Å². The van der Waals surface area contributed by atoms with Gasteiger partial charge in [-0.25, -0.2) is 9.97 Å². The summed E-state index contributed by atoms with van der Waals surface area (Å²) >= 11 is 0. The average Bonchev–Trinajstić information content (AvgIpc) is 2.85. The molecule has 0 spiro atoms. The van der Waals surface area contributed by atoms with Crippen LogP contribution < -0.4 is 5.32 Å². The van der Waals surface area contributed by atoms with Gasteiger partial charge in [-0.05, 0) is 28.8 Å². The molecule has 156 valence electrons. The molecule has 5 nitrogen and oxygen atoms in total. The van der Waals surface area contributed by atoms with E-state index in [2.05, 4.69) is 93.0 Å². The van der Waals surface area contributed by atoms with Crippen LogP contribution >= 0.6 is 0 Å². The van der Waals surface area contributed by atoms with Crippen molar-refractivity contribution in [3.8, 4) is 11.1 Å². The average molecular weight is 411 g/mol. The van der Waals surface area contributed by atoms with Crippen molar-refractivity contribution in [3.05, 3.63) is 90.8 Å². The molecule has 5 heteroatoms. The topological polar surface area (TPSA) is 50.3 Å². The molecule has 4 aromatic rings. The van der Waals surface area contributed by atoms with Crippen molar-refractivity contribution in [3.63, 3.8) is 0 Å². The molecule has 1 atom stereocenters. The Morgan fingerprint density at radius 2 is 1.58 bits per heavy atom. The molecule has 1 fully saturated rings. The van der Waals surface area contributed by atoms with Gasteiger partial charge >= 0.3 is 0 Å². The van der Waals surface area contributed by atoms with E-state index in [1.165, 1.54) is 11.1 Å². The highest BCUT2D eigenvalue weighted by Gasteiger charge is 2.22. The summed E-state index contributed by atoms with van der Waals surface area (Å²) in [7, 11) is 0. The molecule has 0 amide bonds. The summed E-state index contributed by atoms with van der Waals surface area (Å²) in [5.41, 5.74) is 4.59. The third-order valence-electron chi connectivity index (χ3n) is 5.81. The highest BCUT2D eigenvalue weighted by Crippen LogP contribution is 2.27. The number of hydrogen-bond donors (Lipinski definition) is 1. The second kappa shape index (κ2) is 9.25. The SMILES string of the molecule is c1ccc(CC(Nc2ncnc3cc(-c4ccccc4)ccc23)N2CCOCC2)cc1. The lowest BCUT2D eigenvalue weighted by molar-refractivity contribution is 0.0221. The van der Waals surface area contributed by atoms with E-state index in [9.17, 15) is 0 Å². The Labute approximate surface area is 182 Å². The first kappa shape index (κ1) is 19.7. The molecule has 1 aliphatic rings. The van der Waals surface area contributed by atoms with Gasteiger partial charge in [-0.2, -0.15) is 0 Å². The fraction of sp³-hybridized carbons (Fsp3) is 0.231. The Morgan fingerprint density at radius 3 is 2.35 bits per heavy atom. The maximum absolute atomic E-state index is 5.58. The number of fused-ring (bicyclic) bond motifs is 1. The predicted octanol–water partition coefficient (Wildman–Crippen LogP) is 4.61. The zero-order chi connectivity index (χ0) is 20.9. The Balaban J connectivity index is 1.46. The van der Waals surface area contributed by atoms with Gasteiger partial charge in [0, 0.05) is 24.9 Å². The van der Waals surface area contributed by atoms with E-state index in [0.717, 1.165) is 55.0 Å². The highest BCUT2D eigenvalue weighted by molar-refractivity contribution is 5.92. The number of morpholine rings is 1. The quantitative estimate of drug-likeness (QED) is 0.503. The van der Waals surface area contributed by atoms with E-state index in [-0.39, 0.29) is 6.17 Å². The van der Waals surface area contributed by atoms with Gasteiger partial charge < -0.3 is 10.1 Å². The number of ether oxygens (including phenoxy) is 1. The van der Waals surface area contributed by atoms with Crippen LogP contribution in [0.15, 0.2) is 85.2 Å². The maximum Gasteiger partial charge on any atom is 0.138 e. The number of aromatic nitrogens is 2. The summed E-state index contributed by atoms with van der Waals surface area (Å²) in [5, 5.41) is 4.75. The fourth-order valence-electron chi connectivity index (χ4n) is 4.14. The Bertz CT molecular complexity index is 1130. The smallest absolute Gasteiger partial charge is 0.138 e. The maximum atomic E-state index is 5.58. The Morgan fingerprint density at radius 1 is 0.839 bits per heavy atom. The zero-order valence-electron chi connectivity index (χ0n) is 17.4. The summed E-state index contributed by atoms with van der Waals surface area (Å²) < 4.78 is 5.58. The van der Waals surface area contributed by atoms with Gasteiger partial charge in [-0.15, -0.1) is 0 Å². The minimum Gasteiger partial charge on any atom is -0.379 e. The molecular weight excluding hydrogens is 384 g/mol. The predicted molar refractivity (Wildman–Crippen MR) is 125 cm³/mol. The number of nitrogens with zero attached hydrogens (tertiary/aromatic N) is 3. The lowest BCUT2D eigenvalue weighted by Crippen LogP contribution is -2.48. The van der Waals surface area contributed by atoms with E-state index >= 15 is 0 Å². The van der Waals surface area contributed by atoms with Crippen molar-refractivity contribution < 1.29 is 4.74 Å². The number of anilines is 1. The van der Waals surface area contributed by atoms with Crippen molar-refractivity contribution in [1.82, 2.24) is 14.9 Å². The summed E-state index contributed by atoms with van der Waals surface area (Å²) in [5.74, 6) is 0.872. The molecule has 2 heterocycles. The summed E-state index contributed by atoms with van der Waals surface area (Å²) in [6.07, 6.45) is 2.69. The Kier molecular flexibility index (Phi) is 5.87. The largest absolute Gasteiger partial charge is 0.379 e. The van der Waals surface area contributed by atoms with Crippen LogP contribution in [0.2, 0.25) is 0 Å². The molecule has 1 aromatic heterocycles. The van der Waals surface area contributed by atoms with Crippen LogP contribution in [0.5, 0.6) is 0 Å². The van der Waals surface area contributed by atoms with Crippen LogP contribution in [-0.2, 0) is 11.2 Å².